The Balaban J connectivity index is 2.17. The Morgan fingerprint density at radius 2 is 1.56 bits per heavy atom. The van der Waals surface area contributed by atoms with Gasteiger partial charge in [-0.3, -0.25) is 0 Å². The van der Waals surface area contributed by atoms with Crippen molar-refractivity contribution in [3.05, 3.63) is 65.5 Å². The highest BCUT2D eigenvalue weighted by molar-refractivity contribution is 7.89. The maximum atomic E-state index is 12.9. The van der Waals surface area contributed by atoms with E-state index in [0.29, 0.717) is 11.1 Å². The van der Waals surface area contributed by atoms with Crippen LogP contribution in [0.1, 0.15) is 11.1 Å². The van der Waals surface area contributed by atoms with E-state index >= 15 is 0 Å². The molecular weight excluding hydrogens is 367 g/mol. The summed E-state index contributed by atoms with van der Waals surface area (Å²) in [5.74, 6) is -0.771. The van der Waals surface area contributed by atoms with E-state index in [4.69, 9.17) is 0 Å². The van der Waals surface area contributed by atoms with Crippen LogP contribution in [0.25, 0.3) is 0 Å². The molecule has 0 saturated heterocycles. The van der Waals surface area contributed by atoms with E-state index in [0.717, 1.165) is 4.31 Å². The summed E-state index contributed by atoms with van der Waals surface area (Å²) in [5.41, 5.74) is 0.780. The average molecular weight is 386 g/mol. The molecule has 0 amide bonds. The molecule has 0 radical (unpaired) electrons. The molecule has 0 aliphatic rings. The van der Waals surface area contributed by atoms with Crippen LogP contribution < -0.4 is 4.72 Å². The highest BCUT2D eigenvalue weighted by Crippen LogP contribution is 2.18. The molecule has 0 bridgehead atoms. The lowest BCUT2D eigenvalue weighted by atomic mass is 10.2. The second-order valence-corrected chi connectivity index (χ2v) is 9.53. The van der Waals surface area contributed by atoms with Gasteiger partial charge in [0.05, 0.1) is 10.6 Å². The second-order valence-electron chi connectivity index (χ2n) is 5.60. The lowest BCUT2D eigenvalue weighted by Crippen LogP contribution is -2.27. The first-order chi connectivity index (χ1) is 11.6. The van der Waals surface area contributed by atoms with Gasteiger partial charge in [0.25, 0.3) is 0 Å². The van der Waals surface area contributed by atoms with Crippen molar-refractivity contribution in [1.29, 1.82) is 0 Å². The predicted molar refractivity (Wildman–Crippen MR) is 93.2 cm³/mol. The lowest BCUT2D eigenvalue weighted by Gasteiger charge is -2.15. The summed E-state index contributed by atoms with van der Waals surface area (Å²) in [5, 5.41) is 0. The number of halogens is 1. The van der Waals surface area contributed by atoms with E-state index in [1.165, 1.54) is 44.4 Å². The summed E-state index contributed by atoms with van der Waals surface area (Å²) in [7, 11) is -4.58. The minimum atomic E-state index is -3.71. The van der Waals surface area contributed by atoms with E-state index in [9.17, 15) is 21.2 Å². The third-order valence-corrected chi connectivity index (χ3v) is 6.70. The largest absolute Gasteiger partial charge is 0.242 e. The highest BCUT2D eigenvalue weighted by Gasteiger charge is 2.21. The summed E-state index contributed by atoms with van der Waals surface area (Å²) >= 11 is 0. The van der Waals surface area contributed by atoms with Gasteiger partial charge in [-0.25, -0.2) is 30.3 Å². The Hall–Kier alpha value is -1.81. The molecule has 0 unspecified atom stereocenters. The van der Waals surface area contributed by atoms with Gasteiger partial charge >= 0.3 is 0 Å². The van der Waals surface area contributed by atoms with Crippen molar-refractivity contribution in [1.82, 2.24) is 9.03 Å². The van der Waals surface area contributed by atoms with Crippen LogP contribution in [0, 0.1) is 5.82 Å². The third-order valence-electron chi connectivity index (χ3n) is 3.48. The van der Waals surface area contributed by atoms with Gasteiger partial charge in [-0.2, -0.15) is 0 Å². The third kappa shape index (κ3) is 5.08. The van der Waals surface area contributed by atoms with Gasteiger partial charge in [0.1, 0.15) is 5.82 Å². The number of nitrogens with zero attached hydrogens (tertiary/aromatic N) is 1. The van der Waals surface area contributed by atoms with E-state index < -0.39 is 25.9 Å². The lowest BCUT2D eigenvalue weighted by molar-refractivity contribution is 0.519. The summed E-state index contributed by atoms with van der Waals surface area (Å²) < 4.78 is 65.3. The van der Waals surface area contributed by atoms with Crippen molar-refractivity contribution < 1.29 is 21.2 Å². The summed E-state index contributed by atoms with van der Waals surface area (Å²) in [6.07, 6.45) is 0. The zero-order chi connectivity index (χ0) is 18.7. The first-order valence-electron chi connectivity index (χ1n) is 7.34. The second kappa shape index (κ2) is 7.61. The predicted octanol–water partition coefficient (Wildman–Crippen LogP) is 1.70. The van der Waals surface area contributed by atoms with Gasteiger partial charge in [-0.05, 0) is 29.3 Å². The topological polar surface area (TPSA) is 83.6 Å². The van der Waals surface area contributed by atoms with Crippen molar-refractivity contribution in [2.45, 2.75) is 17.2 Å². The SMILES string of the molecule is CN(C)S(=O)(=O)c1ccccc1CNS(=O)(=O)Cc1ccc(F)cc1. The molecule has 0 aliphatic heterocycles. The molecule has 2 rings (SSSR count). The van der Waals surface area contributed by atoms with Crippen molar-refractivity contribution in [2.75, 3.05) is 14.1 Å². The van der Waals surface area contributed by atoms with Crippen LogP contribution in [0.4, 0.5) is 4.39 Å². The molecular formula is C16H19FN2O4S2. The zero-order valence-corrected chi connectivity index (χ0v) is 15.4. The number of hydrogen-bond acceptors (Lipinski definition) is 4. The Bertz CT molecular complexity index is 940. The van der Waals surface area contributed by atoms with E-state index in [-0.39, 0.29) is 17.2 Å². The molecule has 0 fully saturated rings. The van der Waals surface area contributed by atoms with Crippen molar-refractivity contribution >= 4 is 20.0 Å². The van der Waals surface area contributed by atoms with Crippen molar-refractivity contribution in [2.24, 2.45) is 0 Å². The van der Waals surface area contributed by atoms with Gasteiger partial charge in [-0.15, -0.1) is 0 Å². The first kappa shape index (κ1) is 19.5. The fourth-order valence-electron chi connectivity index (χ4n) is 2.14. The molecule has 6 nitrogen and oxygen atoms in total. The monoisotopic (exact) mass is 386 g/mol. The minimum absolute atomic E-state index is 0.0458. The Morgan fingerprint density at radius 1 is 0.960 bits per heavy atom. The van der Waals surface area contributed by atoms with Crippen LogP contribution in [0.3, 0.4) is 0 Å². The van der Waals surface area contributed by atoms with Gasteiger partial charge in [0.15, 0.2) is 0 Å². The normalized spacial score (nSPS) is 12.5. The van der Waals surface area contributed by atoms with E-state index in [2.05, 4.69) is 4.72 Å². The number of rotatable bonds is 7. The summed E-state index contributed by atoms with van der Waals surface area (Å²) in [6, 6.07) is 11.3. The van der Waals surface area contributed by atoms with Crippen LogP contribution in [0.5, 0.6) is 0 Å². The Labute approximate surface area is 147 Å². The van der Waals surface area contributed by atoms with E-state index in [1.807, 2.05) is 0 Å². The minimum Gasteiger partial charge on any atom is -0.212 e. The number of benzene rings is 2. The van der Waals surface area contributed by atoms with Crippen LogP contribution in [-0.2, 0) is 32.3 Å². The Morgan fingerprint density at radius 3 is 2.16 bits per heavy atom. The first-order valence-corrected chi connectivity index (χ1v) is 10.4. The highest BCUT2D eigenvalue weighted by atomic mass is 32.2. The quantitative estimate of drug-likeness (QED) is 0.785. The van der Waals surface area contributed by atoms with Gasteiger partial charge in [0, 0.05) is 20.6 Å². The molecule has 136 valence electrons. The van der Waals surface area contributed by atoms with Crippen molar-refractivity contribution in [3.8, 4) is 0 Å². The molecule has 2 aromatic rings. The maximum absolute atomic E-state index is 12.9. The zero-order valence-electron chi connectivity index (χ0n) is 13.8. The standard InChI is InChI=1S/C16H19FN2O4S2/c1-19(2)25(22,23)16-6-4-3-5-14(16)11-18-24(20,21)12-13-7-9-15(17)10-8-13/h3-10,18H,11-12H2,1-2H3. The summed E-state index contributed by atoms with van der Waals surface area (Å²) in [6.45, 7) is -0.160. The average Bonchev–Trinajstić information content (AvgIpc) is 2.55. The molecule has 25 heavy (non-hydrogen) atoms. The fraction of sp³-hybridized carbons (Fsp3) is 0.250. The number of sulfonamides is 2. The van der Waals surface area contributed by atoms with Gasteiger partial charge in [-0.1, -0.05) is 30.3 Å². The van der Waals surface area contributed by atoms with Crippen LogP contribution in [-0.4, -0.2) is 35.2 Å². The van der Waals surface area contributed by atoms with Crippen LogP contribution >= 0.6 is 0 Å². The van der Waals surface area contributed by atoms with E-state index in [1.54, 1.807) is 18.2 Å². The molecule has 0 aliphatic carbocycles. The van der Waals surface area contributed by atoms with Gasteiger partial charge < -0.3 is 0 Å². The molecule has 9 heteroatoms. The van der Waals surface area contributed by atoms with Gasteiger partial charge in [0.2, 0.25) is 20.0 Å². The number of hydrogen-bond donors (Lipinski definition) is 1. The fourth-order valence-corrected chi connectivity index (χ4v) is 4.36. The molecule has 0 spiro atoms. The molecule has 0 aromatic heterocycles. The number of nitrogens with one attached hydrogen (secondary N) is 1. The van der Waals surface area contributed by atoms with Crippen molar-refractivity contribution in [3.63, 3.8) is 0 Å². The summed E-state index contributed by atoms with van der Waals surface area (Å²) in [4.78, 5) is 0.0458. The molecule has 0 atom stereocenters. The van der Waals surface area contributed by atoms with Crippen LogP contribution in [0.2, 0.25) is 0 Å². The molecule has 1 N–H and O–H groups in total. The molecule has 0 heterocycles. The van der Waals surface area contributed by atoms with Crippen LogP contribution in [0.15, 0.2) is 53.4 Å². The molecule has 0 saturated carbocycles. The Kier molecular flexibility index (Phi) is 5.94. The molecule has 2 aromatic carbocycles. The maximum Gasteiger partial charge on any atom is 0.242 e. The smallest absolute Gasteiger partial charge is 0.212 e.